The van der Waals surface area contributed by atoms with Gasteiger partial charge in [-0.25, -0.2) is 8.42 Å². The summed E-state index contributed by atoms with van der Waals surface area (Å²) >= 11 is 1.07. The number of nitrogens with one attached hydrogen (secondary N) is 1. The Morgan fingerprint density at radius 1 is 1.06 bits per heavy atom. The number of benzene rings is 2. The van der Waals surface area contributed by atoms with Crippen LogP contribution in [0.1, 0.15) is 23.7 Å². The SMILES string of the molecule is CCCn1c(=O)sc2cc(S(=O)(=O)N3CCN(C(=O)c4ccc5cc[nH]c5c4)CC3)ccc21. The highest BCUT2D eigenvalue weighted by atomic mass is 32.2. The van der Waals surface area contributed by atoms with E-state index >= 15 is 0 Å². The van der Waals surface area contributed by atoms with Crippen LogP contribution in [-0.2, 0) is 16.6 Å². The molecule has 4 aromatic rings. The number of rotatable bonds is 5. The molecule has 0 radical (unpaired) electrons. The van der Waals surface area contributed by atoms with E-state index in [-0.39, 0.29) is 28.8 Å². The number of aromatic nitrogens is 2. The molecule has 0 aliphatic carbocycles. The van der Waals surface area contributed by atoms with Gasteiger partial charge in [-0.05, 0) is 48.2 Å². The van der Waals surface area contributed by atoms with Crippen molar-refractivity contribution in [3.63, 3.8) is 0 Å². The fourth-order valence-corrected chi connectivity index (χ4v) is 6.77. The summed E-state index contributed by atoms with van der Waals surface area (Å²) in [7, 11) is -3.72. The number of hydrogen-bond donors (Lipinski definition) is 1. The lowest BCUT2D eigenvalue weighted by Gasteiger charge is -2.34. The number of H-pyrrole nitrogens is 1. The first-order valence-corrected chi connectivity index (χ1v) is 13.1. The van der Waals surface area contributed by atoms with E-state index in [2.05, 4.69) is 4.98 Å². The minimum atomic E-state index is -3.72. The number of carbonyl (C=O) groups excluding carboxylic acids is 1. The fraction of sp³-hybridized carbons (Fsp3) is 0.304. The molecule has 0 unspecified atom stereocenters. The van der Waals surface area contributed by atoms with Crippen molar-refractivity contribution in [2.24, 2.45) is 0 Å². The van der Waals surface area contributed by atoms with Crippen LogP contribution in [0.25, 0.3) is 21.1 Å². The third-order valence-corrected chi connectivity index (χ3v) is 8.89. The van der Waals surface area contributed by atoms with Crippen LogP contribution in [0, 0.1) is 0 Å². The highest BCUT2D eigenvalue weighted by molar-refractivity contribution is 7.89. The zero-order chi connectivity index (χ0) is 23.2. The van der Waals surface area contributed by atoms with Gasteiger partial charge in [0.05, 0.1) is 15.1 Å². The lowest BCUT2D eigenvalue weighted by Crippen LogP contribution is -2.50. The van der Waals surface area contributed by atoms with E-state index in [0.717, 1.165) is 34.2 Å². The molecule has 0 bridgehead atoms. The number of aromatic amines is 1. The number of sulfonamides is 1. The Hall–Kier alpha value is -2.95. The summed E-state index contributed by atoms with van der Waals surface area (Å²) in [5.74, 6) is -0.105. The van der Waals surface area contributed by atoms with Crippen molar-refractivity contribution >= 4 is 48.4 Å². The number of nitrogens with zero attached hydrogens (tertiary/aromatic N) is 3. The molecular weight excluding hydrogens is 460 g/mol. The molecule has 1 saturated heterocycles. The molecule has 2 aromatic carbocycles. The molecule has 0 atom stereocenters. The van der Waals surface area contributed by atoms with Crippen LogP contribution in [0.4, 0.5) is 0 Å². The predicted molar refractivity (Wildman–Crippen MR) is 129 cm³/mol. The summed E-state index contributed by atoms with van der Waals surface area (Å²) in [6.07, 6.45) is 2.66. The molecule has 5 rings (SSSR count). The number of carbonyl (C=O) groups is 1. The monoisotopic (exact) mass is 484 g/mol. The Kier molecular flexibility index (Phi) is 5.59. The van der Waals surface area contributed by atoms with Gasteiger partial charge in [0.15, 0.2) is 0 Å². The molecule has 172 valence electrons. The first kappa shape index (κ1) is 21.9. The molecule has 1 fully saturated rings. The quantitative estimate of drug-likeness (QED) is 0.471. The largest absolute Gasteiger partial charge is 0.361 e. The summed E-state index contributed by atoms with van der Waals surface area (Å²) in [6, 6.07) is 12.3. The summed E-state index contributed by atoms with van der Waals surface area (Å²) in [5.41, 5.74) is 2.24. The van der Waals surface area contributed by atoms with Gasteiger partial charge in [0.1, 0.15) is 0 Å². The van der Waals surface area contributed by atoms with E-state index in [4.69, 9.17) is 0 Å². The van der Waals surface area contributed by atoms with Crippen molar-refractivity contribution in [2.45, 2.75) is 24.8 Å². The molecule has 2 aromatic heterocycles. The average molecular weight is 485 g/mol. The highest BCUT2D eigenvalue weighted by Gasteiger charge is 2.31. The first-order valence-electron chi connectivity index (χ1n) is 10.9. The Labute approximate surface area is 195 Å². The van der Waals surface area contributed by atoms with Gasteiger partial charge in [0.25, 0.3) is 5.91 Å². The number of thiazole rings is 1. The summed E-state index contributed by atoms with van der Waals surface area (Å²) in [6.45, 7) is 3.70. The van der Waals surface area contributed by atoms with Crippen LogP contribution < -0.4 is 4.87 Å². The second-order valence-corrected chi connectivity index (χ2v) is 11.1. The maximum Gasteiger partial charge on any atom is 0.308 e. The predicted octanol–water partition coefficient (Wildman–Crippen LogP) is 3.10. The Bertz CT molecular complexity index is 1510. The first-order chi connectivity index (χ1) is 15.9. The van der Waals surface area contributed by atoms with Crippen LogP contribution in [0.5, 0.6) is 0 Å². The van der Waals surface area contributed by atoms with Gasteiger partial charge < -0.3 is 9.88 Å². The normalized spacial score (nSPS) is 15.5. The topological polar surface area (TPSA) is 95.5 Å². The third-order valence-electron chi connectivity index (χ3n) is 6.05. The lowest BCUT2D eigenvalue weighted by molar-refractivity contribution is 0.0698. The summed E-state index contributed by atoms with van der Waals surface area (Å²) < 4.78 is 30.3. The summed E-state index contributed by atoms with van der Waals surface area (Å²) in [4.78, 5) is 30.1. The van der Waals surface area contributed by atoms with Gasteiger partial charge in [-0.3, -0.25) is 14.2 Å². The molecule has 8 nitrogen and oxygen atoms in total. The highest BCUT2D eigenvalue weighted by Crippen LogP contribution is 2.25. The van der Waals surface area contributed by atoms with Crippen LogP contribution in [0.15, 0.2) is 58.4 Å². The van der Waals surface area contributed by atoms with Gasteiger partial charge >= 0.3 is 4.87 Å². The Morgan fingerprint density at radius 2 is 1.85 bits per heavy atom. The van der Waals surface area contributed by atoms with Crippen LogP contribution >= 0.6 is 11.3 Å². The lowest BCUT2D eigenvalue weighted by atomic mass is 10.1. The average Bonchev–Trinajstić information content (AvgIpc) is 3.42. The van der Waals surface area contributed by atoms with E-state index in [1.54, 1.807) is 33.7 Å². The Morgan fingerprint density at radius 3 is 2.61 bits per heavy atom. The van der Waals surface area contributed by atoms with E-state index in [0.29, 0.717) is 29.9 Å². The Balaban J connectivity index is 1.32. The zero-order valence-electron chi connectivity index (χ0n) is 18.2. The smallest absolute Gasteiger partial charge is 0.308 e. The van der Waals surface area contributed by atoms with E-state index in [9.17, 15) is 18.0 Å². The maximum absolute atomic E-state index is 13.2. The number of piperazine rings is 1. The van der Waals surface area contributed by atoms with E-state index in [1.807, 2.05) is 31.3 Å². The van der Waals surface area contributed by atoms with Gasteiger partial charge in [0, 0.05) is 50.0 Å². The van der Waals surface area contributed by atoms with Gasteiger partial charge in [-0.15, -0.1) is 0 Å². The molecule has 33 heavy (non-hydrogen) atoms. The van der Waals surface area contributed by atoms with Gasteiger partial charge in [0.2, 0.25) is 10.0 Å². The van der Waals surface area contributed by atoms with E-state index < -0.39 is 10.0 Å². The summed E-state index contributed by atoms with van der Waals surface area (Å²) in [5, 5.41) is 1.04. The number of amides is 1. The molecule has 1 amide bonds. The fourth-order valence-electron chi connectivity index (χ4n) is 4.29. The molecular formula is C23H24N4O4S2. The van der Waals surface area contributed by atoms with E-state index in [1.165, 1.54) is 4.31 Å². The number of fused-ring (bicyclic) bond motifs is 2. The number of hydrogen-bond acceptors (Lipinski definition) is 5. The molecule has 10 heteroatoms. The van der Waals surface area contributed by atoms with Crippen LogP contribution in [0.2, 0.25) is 0 Å². The van der Waals surface area contributed by atoms with Crippen molar-refractivity contribution in [2.75, 3.05) is 26.2 Å². The van der Waals surface area contributed by atoms with Crippen molar-refractivity contribution in [1.82, 2.24) is 18.8 Å². The van der Waals surface area contributed by atoms with Crippen LogP contribution in [0.3, 0.4) is 0 Å². The van der Waals surface area contributed by atoms with Crippen LogP contribution in [-0.4, -0.2) is 59.3 Å². The zero-order valence-corrected chi connectivity index (χ0v) is 19.8. The van der Waals surface area contributed by atoms with Crippen molar-refractivity contribution in [1.29, 1.82) is 0 Å². The van der Waals surface area contributed by atoms with Gasteiger partial charge in [-0.2, -0.15) is 4.31 Å². The molecule has 0 spiro atoms. The van der Waals surface area contributed by atoms with Crippen molar-refractivity contribution in [3.8, 4) is 0 Å². The second-order valence-electron chi connectivity index (χ2n) is 8.13. The molecule has 1 N–H and O–H groups in total. The third kappa shape index (κ3) is 3.88. The standard InChI is InChI=1S/C23H24N4O4S2/c1-2-9-27-20-6-5-18(15-21(20)32-23(27)29)33(30,31)26-12-10-25(11-13-26)22(28)17-4-3-16-7-8-24-19(16)14-17/h3-8,14-15,24H,2,9-13H2,1H3. The minimum absolute atomic E-state index is 0.0777. The molecule has 0 saturated carbocycles. The molecule has 1 aliphatic heterocycles. The van der Waals surface area contributed by atoms with Crippen molar-refractivity contribution in [3.05, 3.63) is 63.9 Å². The molecule has 1 aliphatic rings. The molecule has 3 heterocycles. The number of aryl methyl sites for hydroxylation is 1. The second kappa shape index (κ2) is 8.44. The van der Waals surface area contributed by atoms with Gasteiger partial charge in [-0.1, -0.05) is 24.3 Å². The maximum atomic E-state index is 13.2. The minimum Gasteiger partial charge on any atom is -0.361 e. The van der Waals surface area contributed by atoms with Crippen molar-refractivity contribution < 1.29 is 13.2 Å².